The summed E-state index contributed by atoms with van der Waals surface area (Å²) in [6, 6.07) is 4.35. The summed E-state index contributed by atoms with van der Waals surface area (Å²) in [5.74, 6) is -0.144. The second kappa shape index (κ2) is 6.22. The SMILES string of the molecule is CC1CN(c2ccc(CCl)c(C(F)(F)F)c2)CCCO1. The highest BCUT2D eigenvalue weighted by molar-refractivity contribution is 6.17. The molecule has 1 aromatic carbocycles. The van der Waals surface area contributed by atoms with Crippen molar-refractivity contribution in [3.63, 3.8) is 0 Å². The second-order valence-electron chi connectivity index (χ2n) is 4.95. The monoisotopic (exact) mass is 307 g/mol. The van der Waals surface area contributed by atoms with Crippen molar-refractivity contribution in [3.05, 3.63) is 29.3 Å². The first-order valence-corrected chi connectivity index (χ1v) is 7.08. The van der Waals surface area contributed by atoms with Crippen LogP contribution in [0.3, 0.4) is 0 Å². The number of nitrogens with zero attached hydrogens (tertiary/aromatic N) is 1. The average molecular weight is 308 g/mol. The van der Waals surface area contributed by atoms with Gasteiger partial charge in [0, 0.05) is 31.3 Å². The van der Waals surface area contributed by atoms with Crippen LogP contribution in [-0.2, 0) is 16.8 Å². The Morgan fingerprint density at radius 2 is 2.15 bits per heavy atom. The Bertz CT molecular complexity index is 464. The van der Waals surface area contributed by atoms with Gasteiger partial charge < -0.3 is 9.64 Å². The molecular formula is C14H17ClF3NO. The van der Waals surface area contributed by atoms with Crippen molar-refractivity contribution in [3.8, 4) is 0 Å². The van der Waals surface area contributed by atoms with E-state index < -0.39 is 11.7 Å². The van der Waals surface area contributed by atoms with Crippen LogP contribution < -0.4 is 4.90 Å². The van der Waals surface area contributed by atoms with Crippen molar-refractivity contribution >= 4 is 17.3 Å². The van der Waals surface area contributed by atoms with E-state index in [1.807, 2.05) is 11.8 Å². The van der Waals surface area contributed by atoms with Gasteiger partial charge in [0.15, 0.2) is 0 Å². The minimum Gasteiger partial charge on any atom is -0.377 e. The molecule has 2 nitrogen and oxygen atoms in total. The van der Waals surface area contributed by atoms with Crippen molar-refractivity contribution in [1.82, 2.24) is 0 Å². The number of hydrogen-bond acceptors (Lipinski definition) is 2. The number of rotatable bonds is 2. The van der Waals surface area contributed by atoms with E-state index in [1.54, 1.807) is 6.07 Å². The summed E-state index contributed by atoms with van der Waals surface area (Å²) in [7, 11) is 0. The zero-order valence-electron chi connectivity index (χ0n) is 11.2. The van der Waals surface area contributed by atoms with E-state index in [-0.39, 0.29) is 17.5 Å². The third-order valence-corrected chi connectivity index (χ3v) is 3.65. The average Bonchev–Trinajstić information content (AvgIpc) is 2.61. The molecule has 1 fully saturated rings. The van der Waals surface area contributed by atoms with Gasteiger partial charge in [0.25, 0.3) is 0 Å². The largest absolute Gasteiger partial charge is 0.416 e. The molecular weight excluding hydrogens is 291 g/mol. The molecule has 1 saturated heterocycles. The van der Waals surface area contributed by atoms with E-state index in [0.717, 1.165) is 6.42 Å². The highest BCUT2D eigenvalue weighted by Gasteiger charge is 2.33. The molecule has 0 amide bonds. The van der Waals surface area contributed by atoms with E-state index in [1.165, 1.54) is 12.1 Å². The summed E-state index contributed by atoms with van der Waals surface area (Å²) in [6.07, 6.45) is -3.56. The molecule has 20 heavy (non-hydrogen) atoms. The summed E-state index contributed by atoms with van der Waals surface area (Å²) in [5, 5.41) is 0. The first-order valence-electron chi connectivity index (χ1n) is 6.54. The van der Waals surface area contributed by atoms with Gasteiger partial charge in [-0.05, 0) is 31.0 Å². The molecule has 6 heteroatoms. The molecule has 0 bridgehead atoms. The number of hydrogen-bond donors (Lipinski definition) is 0. The van der Waals surface area contributed by atoms with Gasteiger partial charge in [-0.3, -0.25) is 0 Å². The van der Waals surface area contributed by atoms with Gasteiger partial charge in [-0.2, -0.15) is 13.2 Å². The van der Waals surface area contributed by atoms with Gasteiger partial charge in [-0.15, -0.1) is 11.6 Å². The van der Waals surface area contributed by atoms with Gasteiger partial charge in [-0.1, -0.05) is 6.07 Å². The summed E-state index contributed by atoms with van der Waals surface area (Å²) in [4.78, 5) is 1.94. The summed E-state index contributed by atoms with van der Waals surface area (Å²) >= 11 is 5.59. The van der Waals surface area contributed by atoms with Gasteiger partial charge in [-0.25, -0.2) is 0 Å². The Labute approximate surface area is 121 Å². The highest BCUT2D eigenvalue weighted by Crippen LogP contribution is 2.35. The molecule has 0 aromatic heterocycles. The van der Waals surface area contributed by atoms with Crippen LogP contribution in [0.25, 0.3) is 0 Å². The van der Waals surface area contributed by atoms with Crippen molar-refractivity contribution in [2.45, 2.75) is 31.5 Å². The normalized spacial score (nSPS) is 20.9. The molecule has 0 N–H and O–H groups in total. The van der Waals surface area contributed by atoms with Crippen LogP contribution in [-0.4, -0.2) is 25.8 Å². The molecule has 0 aliphatic carbocycles. The fourth-order valence-corrected chi connectivity index (χ4v) is 2.60. The number of benzene rings is 1. The van der Waals surface area contributed by atoms with E-state index in [9.17, 15) is 13.2 Å². The van der Waals surface area contributed by atoms with Crippen LogP contribution >= 0.6 is 11.6 Å². The minimum absolute atomic E-state index is 0.0135. The highest BCUT2D eigenvalue weighted by atomic mass is 35.5. The summed E-state index contributed by atoms with van der Waals surface area (Å²) < 4.78 is 44.6. The van der Waals surface area contributed by atoms with Crippen molar-refractivity contribution in [1.29, 1.82) is 0 Å². The predicted octanol–water partition coefficient (Wildman–Crippen LogP) is 4.06. The number of alkyl halides is 4. The number of ether oxygens (including phenoxy) is 1. The first-order chi connectivity index (χ1) is 9.41. The quantitative estimate of drug-likeness (QED) is 0.764. The molecule has 0 radical (unpaired) electrons. The maximum Gasteiger partial charge on any atom is 0.416 e. The molecule has 112 valence electrons. The first kappa shape index (κ1) is 15.4. The maximum absolute atomic E-state index is 13.0. The molecule has 1 aliphatic rings. The molecule has 1 atom stereocenters. The van der Waals surface area contributed by atoms with Crippen LogP contribution in [0, 0.1) is 0 Å². The molecule has 1 aromatic rings. The van der Waals surface area contributed by atoms with Crippen molar-refractivity contribution in [2.75, 3.05) is 24.6 Å². The smallest absolute Gasteiger partial charge is 0.377 e. The van der Waals surface area contributed by atoms with Gasteiger partial charge in [0.1, 0.15) is 0 Å². The van der Waals surface area contributed by atoms with Crippen LogP contribution in [0.1, 0.15) is 24.5 Å². The topological polar surface area (TPSA) is 12.5 Å². The Morgan fingerprint density at radius 3 is 2.80 bits per heavy atom. The minimum atomic E-state index is -4.38. The summed E-state index contributed by atoms with van der Waals surface area (Å²) in [6.45, 7) is 3.86. The summed E-state index contributed by atoms with van der Waals surface area (Å²) in [5.41, 5.74) is 0.0356. The predicted molar refractivity (Wildman–Crippen MR) is 73.2 cm³/mol. The van der Waals surface area contributed by atoms with E-state index in [4.69, 9.17) is 16.3 Å². The zero-order chi connectivity index (χ0) is 14.8. The van der Waals surface area contributed by atoms with Crippen molar-refractivity contribution < 1.29 is 17.9 Å². The van der Waals surface area contributed by atoms with Crippen LogP contribution in [0.4, 0.5) is 18.9 Å². The molecule has 0 saturated carbocycles. The second-order valence-corrected chi connectivity index (χ2v) is 5.22. The third-order valence-electron chi connectivity index (χ3n) is 3.36. The Kier molecular flexibility index (Phi) is 4.81. The lowest BCUT2D eigenvalue weighted by atomic mass is 10.1. The fraction of sp³-hybridized carbons (Fsp3) is 0.571. The van der Waals surface area contributed by atoms with Gasteiger partial charge in [0.2, 0.25) is 0 Å². The van der Waals surface area contributed by atoms with Crippen LogP contribution in [0.5, 0.6) is 0 Å². The van der Waals surface area contributed by atoms with E-state index in [0.29, 0.717) is 25.4 Å². The third kappa shape index (κ3) is 3.58. The van der Waals surface area contributed by atoms with Crippen molar-refractivity contribution in [2.24, 2.45) is 0 Å². The Balaban J connectivity index is 2.32. The maximum atomic E-state index is 13.0. The lowest BCUT2D eigenvalue weighted by molar-refractivity contribution is -0.138. The van der Waals surface area contributed by atoms with E-state index in [2.05, 4.69) is 0 Å². The van der Waals surface area contributed by atoms with Gasteiger partial charge in [0.05, 0.1) is 11.7 Å². The lowest BCUT2D eigenvalue weighted by Crippen LogP contribution is -2.30. The van der Waals surface area contributed by atoms with Gasteiger partial charge >= 0.3 is 6.18 Å². The molecule has 2 rings (SSSR count). The molecule has 1 aliphatic heterocycles. The fourth-order valence-electron chi connectivity index (χ4n) is 2.37. The molecule has 1 heterocycles. The van der Waals surface area contributed by atoms with Crippen LogP contribution in [0.2, 0.25) is 0 Å². The number of halogens is 4. The zero-order valence-corrected chi connectivity index (χ0v) is 12.0. The lowest BCUT2D eigenvalue weighted by Gasteiger charge is -2.25. The Morgan fingerprint density at radius 1 is 1.40 bits per heavy atom. The van der Waals surface area contributed by atoms with Crippen LogP contribution in [0.15, 0.2) is 18.2 Å². The van der Waals surface area contributed by atoms with E-state index >= 15 is 0 Å². The molecule has 0 spiro atoms. The molecule has 1 unspecified atom stereocenters. The Hall–Kier alpha value is -0.940. The standard InChI is InChI=1S/C14H17ClF3NO/c1-10-9-19(5-2-6-20-10)12-4-3-11(8-15)13(7-12)14(16,17)18/h3-4,7,10H,2,5-6,8-9H2,1H3. The number of anilines is 1.